The average Bonchev–Trinajstić information content (AvgIpc) is 3.30. The van der Waals surface area contributed by atoms with Gasteiger partial charge in [-0.3, -0.25) is 9.59 Å². The second-order valence-electron chi connectivity index (χ2n) is 6.09. The Morgan fingerprint density at radius 3 is 2.70 bits per heavy atom. The Balaban J connectivity index is 2.08. The molecule has 7 heteroatoms. The van der Waals surface area contributed by atoms with Crippen molar-refractivity contribution in [1.82, 2.24) is 4.90 Å². The third-order valence-electron chi connectivity index (χ3n) is 4.44. The molecule has 0 saturated carbocycles. The van der Waals surface area contributed by atoms with Crippen LogP contribution in [0, 0.1) is 0 Å². The number of hydrogen-bond acceptors (Lipinski definition) is 6. The molecule has 142 valence electrons. The van der Waals surface area contributed by atoms with Crippen LogP contribution in [0.2, 0.25) is 0 Å². The van der Waals surface area contributed by atoms with Gasteiger partial charge in [0.05, 0.1) is 18.9 Å². The Morgan fingerprint density at radius 1 is 1.22 bits per heavy atom. The first-order valence-electron chi connectivity index (χ1n) is 8.53. The number of carbonyl (C=O) groups excluding carboxylic acids is 2. The average molecular weight is 371 g/mol. The van der Waals surface area contributed by atoms with Gasteiger partial charge in [0.15, 0.2) is 0 Å². The Kier molecular flexibility index (Phi) is 5.61. The zero-order valence-electron chi connectivity index (χ0n) is 15.2. The number of ether oxygens (including phenoxy) is 2. The van der Waals surface area contributed by atoms with Crippen molar-refractivity contribution in [1.29, 1.82) is 0 Å². The van der Waals surface area contributed by atoms with Gasteiger partial charge in [-0.25, -0.2) is 0 Å². The molecule has 2 aromatic rings. The highest BCUT2D eigenvalue weighted by Crippen LogP contribution is 2.39. The number of aliphatic hydroxyl groups excluding tert-OH is 1. The van der Waals surface area contributed by atoms with Crippen molar-refractivity contribution in [2.24, 2.45) is 0 Å². The molecular weight excluding hydrogens is 350 g/mol. The van der Waals surface area contributed by atoms with E-state index in [4.69, 9.17) is 13.9 Å². The monoisotopic (exact) mass is 371 g/mol. The fourth-order valence-corrected chi connectivity index (χ4v) is 3.16. The summed E-state index contributed by atoms with van der Waals surface area (Å²) in [6.07, 6.45) is 2.02. The van der Waals surface area contributed by atoms with E-state index < -0.39 is 17.7 Å². The molecule has 1 amide bonds. The minimum absolute atomic E-state index is 0.000574. The number of hydrogen-bond donors (Lipinski definition) is 1. The smallest absolute Gasteiger partial charge is 0.295 e. The van der Waals surface area contributed by atoms with E-state index in [1.807, 2.05) is 0 Å². The molecule has 27 heavy (non-hydrogen) atoms. The molecule has 1 aromatic carbocycles. The van der Waals surface area contributed by atoms with E-state index in [-0.39, 0.29) is 11.3 Å². The van der Waals surface area contributed by atoms with E-state index in [1.54, 1.807) is 43.5 Å². The predicted octanol–water partition coefficient (Wildman–Crippen LogP) is 2.75. The molecule has 1 saturated heterocycles. The van der Waals surface area contributed by atoms with Crippen molar-refractivity contribution in [3.05, 3.63) is 59.6 Å². The summed E-state index contributed by atoms with van der Waals surface area (Å²) >= 11 is 0. The molecule has 2 heterocycles. The minimum Gasteiger partial charge on any atom is -0.507 e. The maximum Gasteiger partial charge on any atom is 0.295 e. The molecule has 3 rings (SSSR count). The highest BCUT2D eigenvalue weighted by molar-refractivity contribution is 6.46. The molecule has 1 aliphatic heterocycles. The molecule has 7 nitrogen and oxygen atoms in total. The molecule has 1 aromatic heterocycles. The Labute approximate surface area is 156 Å². The fraction of sp³-hybridized carbons (Fsp3) is 0.300. The second kappa shape index (κ2) is 8.09. The van der Waals surface area contributed by atoms with Crippen LogP contribution in [0.15, 0.2) is 52.7 Å². The highest BCUT2D eigenvalue weighted by Gasteiger charge is 2.47. The van der Waals surface area contributed by atoms with Crippen molar-refractivity contribution in [3.8, 4) is 5.75 Å². The summed E-state index contributed by atoms with van der Waals surface area (Å²) in [5, 5.41) is 10.8. The normalized spacial score (nSPS) is 18.9. The number of ketones is 1. The molecule has 0 unspecified atom stereocenters. The fourth-order valence-electron chi connectivity index (χ4n) is 3.16. The van der Waals surface area contributed by atoms with Crippen LogP contribution in [-0.4, -0.2) is 49.1 Å². The topological polar surface area (TPSA) is 89.2 Å². The lowest BCUT2D eigenvalue weighted by molar-refractivity contribution is -0.140. The van der Waals surface area contributed by atoms with Crippen molar-refractivity contribution < 1.29 is 28.6 Å². The van der Waals surface area contributed by atoms with Crippen LogP contribution in [0.5, 0.6) is 5.75 Å². The third-order valence-corrected chi connectivity index (χ3v) is 4.44. The van der Waals surface area contributed by atoms with Crippen LogP contribution < -0.4 is 4.74 Å². The van der Waals surface area contributed by atoms with Crippen molar-refractivity contribution >= 4 is 17.4 Å². The van der Waals surface area contributed by atoms with Gasteiger partial charge >= 0.3 is 0 Å². The number of nitrogens with zero attached hydrogens (tertiary/aromatic N) is 1. The number of methoxy groups -OCH3 is 2. The number of amides is 1. The van der Waals surface area contributed by atoms with Crippen LogP contribution in [0.1, 0.15) is 23.8 Å². The summed E-state index contributed by atoms with van der Waals surface area (Å²) in [6.45, 7) is 0.752. The summed E-state index contributed by atoms with van der Waals surface area (Å²) in [7, 11) is 3.08. The summed E-state index contributed by atoms with van der Waals surface area (Å²) in [5.74, 6) is -0.729. The van der Waals surface area contributed by atoms with Gasteiger partial charge in [-0.1, -0.05) is 12.1 Å². The largest absolute Gasteiger partial charge is 0.507 e. The first kappa shape index (κ1) is 18.7. The predicted molar refractivity (Wildman–Crippen MR) is 97.2 cm³/mol. The molecule has 1 N–H and O–H groups in total. The maximum absolute atomic E-state index is 12.7. The second-order valence-corrected chi connectivity index (χ2v) is 6.09. The van der Waals surface area contributed by atoms with E-state index in [0.717, 1.165) is 0 Å². The molecule has 0 bridgehead atoms. The summed E-state index contributed by atoms with van der Waals surface area (Å²) < 4.78 is 15.7. The summed E-state index contributed by atoms with van der Waals surface area (Å²) in [6, 6.07) is 9.24. The Hall–Kier alpha value is -3.06. The van der Waals surface area contributed by atoms with Crippen molar-refractivity contribution in [3.63, 3.8) is 0 Å². The van der Waals surface area contributed by atoms with Gasteiger partial charge in [-0.05, 0) is 30.7 Å². The number of furan rings is 1. The number of Topliss-reactive ketones (excluding diaryl/α,β-unsaturated/α-hetero) is 1. The SMILES string of the molecule is COCCCN1C(=O)C(=O)C(=C(O)c2cccc(OC)c2)[C@H]1c1ccco1. The van der Waals surface area contributed by atoms with Gasteiger partial charge in [-0.15, -0.1) is 0 Å². The highest BCUT2D eigenvalue weighted by atomic mass is 16.5. The number of benzene rings is 1. The van der Waals surface area contributed by atoms with Gasteiger partial charge in [-0.2, -0.15) is 0 Å². The zero-order valence-corrected chi connectivity index (χ0v) is 15.2. The van der Waals surface area contributed by atoms with Crippen molar-refractivity contribution in [2.75, 3.05) is 27.4 Å². The van der Waals surface area contributed by atoms with Crippen LogP contribution in [-0.2, 0) is 14.3 Å². The summed E-state index contributed by atoms with van der Waals surface area (Å²) in [4.78, 5) is 26.7. The molecule has 0 aliphatic carbocycles. The van der Waals surface area contributed by atoms with E-state index in [9.17, 15) is 14.7 Å². The lowest BCUT2D eigenvalue weighted by Crippen LogP contribution is -2.31. The maximum atomic E-state index is 12.7. The number of aliphatic hydroxyl groups is 1. The van der Waals surface area contributed by atoms with E-state index >= 15 is 0 Å². The van der Waals surface area contributed by atoms with E-state index in [1.165, 1.54) is 18.3 Å². The number of rotatable bonds is 7. The summed E-state index contributed by atoms with van der Waals surface area (Å²) in [5.41, 5.74) is 0.390. The van der Waals surface area contributed by atoms with Crippen LogP contribution in [0.4, 0.5) is 0 Å². The van der Waals surface area contributed by atoms with Crippen molar-refractivity contribution in [2.45, 2.75) is 12.5 Å². The lowest BCUT2D eigenvalue weighted by Gasteiger charge is -2.23. The molecular formula is C20H21NO6. The van der Waals surface area contributed by atoms with Gasteiger partial charge in [0.2, 0.25) is 0 Å². The first-order chi connectivity index (χ1) is 13.1. The van der Waals surface area contributed by atoms with Gasteiger partial charge < -0.3 is 23.9 Å². The zero-order chi connectivity index (χ0) is 19.4. The minimum atomic E-state index is -0.789. The van der Waals surface area contributed by atoms with Crippen LogP contribution in [0.25, 0.3) is 5.76 Å². The molecule has 0 spiro atoms. The van der Waals surface area contributed by atoms with Crippen LogP contribution >= 0.6 is 0 Å². The number of likely N-dealkylation sites (tertiary alicyclic amines) is 1. The molecule has 1 fully saturated rings. The van der Waals surface area contributed by atoms with Gasteiger partial charge in [0.1, 0.15) is 23.3 Å². The van der Waals surface area contributed by atoms with Crippen LogP contribution in [0.3, 0.4) is 0 Å². The molecule has 1 aliphatic rings. The molecule has 0 radical (unpaired) electrons. The van der Waals surface area contributed by atoms with Gasteiger partial charge in [0, 0.05) is 25.8 Å². The quantitative estimate of drug-likeness (QED) is 0.348. The Morgan fingerprint density at radius 2 is 2.04 bits per heavy atom. The lowest BCUT2D eigenvalue weighted by atomic mass is 9.99. The standard InChI is InChI=1S/C20H21NO6/c1-25-10-5-9-21-17(15-8-4-11-27-15)16(19(23)20(21)24)18(22)13-6-3-7-14(12-13)26-2/h3-4,6-8,11-12,17,22H,5,9-10H2,1-2H3/t17-/m1/s1. The molecule has 1 atom stereocenters. The van der Waals surface area contributed by atoms with Gasteiger partial charge in [0.25, 0.3) is 11.7 Å². The van der Waals surface area contributed by atoms with E-state index in [2.05, 4.69) is 0 Å². The first-order valence-corrected chi connectivity index (χ1v) is 8.53. The number of carbonyl (C=O) groups is 2. The third kappa shape index (κ3) is 3.59. The van der Waals surface area contributed by atoms with E-state index in [0.29, 0.717) is 36.6 Å². The Bertz CT molecular complexity index is 855.